The zero-order valence-corrected chi connectivity index (χ0v) is 14.4. The Hall–Kier alpha value is -2.28. The molecule has 24 heavy (non-hydrogen) atoms. The quantitative estimate of drug-likeness (QED) is 0.598. The molecular weight excluding hydrogens is 290 g/mol. The lowest BCUT2D eigenvalue weighted by molar-refractivity contribution is 0.794. The molecule has 122 valence electrons. The van der Waals surface area contributed by atoms with Gasteiger partial charge in [0.15, 0.2) is 0 Å². The van der Waals surface area contributed by atoms with Crippen molar-refractivity contribution in [1.82, 2.24) is 0 Å². The summed E-state index contributed by atoms with van der Waals surface area (Å²) in [4.78, 5) is 0. The van der Waals surface area contributed by atoms with Crippen molar-refractivity contribution < 1.29 is 0 Å². The van der Waals surface area contributed by atoms with Crippen molar-refractivity contribution in [2.24, 2.45) is 0 Å². The Labute approximate surface area is 144 Å². The number of anilines is 1. The predicted octanol–water partition coefficient (Wildman–Crippen LogP) is 5.89. The fourth-order valence-electron chi connectivity index (χ4n) is 3.80. The number of hydrogen-bond acceptors (Lipinski definition) is 1. The van der Waals surface area contributed by atoms with Crippen LogP contribution in [0.25, 0.3) is 10.8 Å². The van der Waals surface area contributed by atoms with Crippen molar-refractivity contribution in [2.75, 3.05) is 5.32 Å². The highest BCUT2D eigenvalue weighted by atomic mass is 14.9. The molecule has 4 rings (SSSR count). The van der Waals surface area contributed by atoms with E-state index in [1.165, 1.54) is 70.8 Å². The minimum Gasteiger partial charge on any atom is -0.380 e. The van der Waals surface area contributed by atoms with Crippen LogP contribution in [0, 0.1) is 0 Å². The second kappa shape index (κ2) is 6.68. The summed E-state index contributed by atoms with van der Waals surface area (Å²) < 4.78 is 0. The molecule has 1 nitrogen and oxygen atoms in total. The minimum atomic E-state index is 0.882. The van der Waals surface area contributed by atoms with Crippen molar-refractivity contribution in [3.8, 4) is 0 Å². The van der Waals surface area contributed by atoms with E-state index in [2.05, 4.69) is 66.8 Å². The lowest BCUT2D eigenvalue weighted by Gasteiger charge is -2.12. The lowest BCUT2D eigenvalue weighted by atomic mass is 10.0. The van der Waals surface area contributed by atoms with E-state index < -0.39 is 0 Å². The topological polar surface area (TPSA) is 12.0 Å². The standard InChI is InChI=1S/C23H25N/c1-2-3-5-17-8-10-18(11-9-17)16-24-22-15-14-20-13-12-19-6-4-7-21(22)23(19)20/h4,6-11,14-15,24H,2-3,5,12-13,16H2,1H3. The fourth-order valence-corrected chi connectivity index (χ4v) is 3.80. The van der Waals surface area contributed by atoms with Crippen LogP contribution in [0.1, 0.15) is 42.0 Å². The molecule has 1 heteroatoms. The average Bonchev–Trinajstić information content (AvgIpc) is 3.05. The van der Waals surface area contributed by atoms with E-state index in [1.807, 2.05) is 0 Å². The Kier molecular flexibility index (Phi) is 4.25. The number of unbranched alkanes of at least 4 members (excludes halogenated alkanes) is 1. The molecule has 0 saturated heterocycles. The third-order valence-corrected chi connectivity index (χ3v) is 5.20. The van der Waals surface area contributed by atoms with Crippen LogP contribution >= 0.6 is 0 Å². The van der Waals surface area contributed by atoms with E-state index in [0.29, 0.717) is 0 Å². The van der Waals surface area contributed by atoms with Gasteiger partial charge in [-0.15, -0.1) is 0 Å². The van der Waals surface area contributed by atoms with Crippen LogP contribution in [0.4, 0.5) is 5.69 Å². The van der Waals surface area contributed by atoms with Gasteiger partial charge in [-0.2, -0.15) is 0 Å². The van der Waals surface area contributed by atoms with Gasteiger partial charge < -0.3 is 5.32 Å². The molecule has 1 aliphatic rings. The van der Waals surface area contributed by atoms with Crippen molar-refractivity contribution in [3.63, 3.8) is 0 Å². The van der Waals surface area contributed by atoms with Gasteiger partial charge in [0.1, 0.15) is 0 Å². The van der Waals surface area contributed by atoms with Gasteiger partial charge in [-0.25, -0.2) is 0 Å². The van der Waals surface area contributed by atoms with Crippen LogP contribution in [-0.4, -0.2) is 0 Å². The first-order chi connectivity index (χ1) is 11.8. The third kappa shape index (κ3) is 2.91. The minimum absolute atomic E-state index is 0.882. The van der Waals surface area contributed by atoms with Crippen LogP contribution in [0.5, 0.6) is 0 Å². The van der Waals surface area contributed by atoms with Gasteiger partial charge in [0.05, 0.1) is 0 Å². The van der Waals surface area contributed by atoms with Crippen LogP contribution < -0.4 is 5.32 Å². The molecule has 0 unspecified atom stereocenters. The Bertz CT molecular complexity index is 836. The van der Waals surface area contributed by atoms with E-state index in [1.54, 1.807) is 0 Å². The molecule has 3 aromatic rings. The monoisotopic (exact) mass is 315 g/mol. The Morgan fingerprint density at radius 3 is 2.38 bits per heavy atom. The van der Waals surface area contributed by atoms with Gasteiger partial charge in [-0.3, -0.25) is 0 Å². The molecular formula is C23H25N. The molecule has 0 bridgehead atoms. The Morgan fingerprint density at radius 2 is 1.58 bits per heavy atom. The third-order valence-electron chi connectivity index (χ3n) is 5.20. The summed E-state index contributed by atoms with van der Waals surface area (Å²) in [6, 6.07) is 20.4. The van der Waals surface area contributed by atoms with Gasteiger partial charge in [-0.1, -0.05) is 61.9 Å². The predicted molar refractivity (Wildman–Crippen MR) is 104 cm³/mol. The van der Waals surface area contributed by atoms with Crippen LogP contribution in [0.15, 0.2) is 54.6 Å². The molecule has 0 spiro atoms. The number of nitrogens with one attached hydrogen (secondary N) is 1. The summed E-state index contributed by atoms with van der Waals surface area (Å²) in [5, 5.41) is 6.51. The molecule has 3 aromatic carbocycles. The van der Waals surface area contributed by atoms with E-state index in [4.69, 9.17) is 0 Å². The number of aryl methyl sites for hydroxylation is 3. The number of benzene rings is 3. The first-order valence-electron chi connectivity index (χ1n) is 9.20. The largest absolute Gasteiger partial charge is 0.380 e. The first kappa shape index (κ1) is 15.3. The van der Waals surface area contributed by atoms with Gasteiger partial charge in [0.25, 0.3) is 0 Å². The zero-order chi connectivity index (χ0) is 16.4. The summed E-state index contributed by atoms with van der Waals surface area (Å²) in [5.41, 5.74) is 7.06. The molecule has 0 fully saturated rings. The average molecular weight is 315 g/mol. The highest BCUT2D eigenvalue weighted by Crippen LogP contribution is 2.35. The van der Waals surface area contributed by atoms with Crippen LogP contribution in [-0.2, 0) is 25.8 Å². The maximum absolute atomic E-state index is 3.65. The molecule has 0 atom stereocenters. The maximum Gasteiger partial charge on any atom is 0.0422 e. The van der Waals surface area contributed by atoms with E-state index in [-0.39, 0.29) is 0 Å². The highest BCUT2D eigenvalue weighted by molar-refractivity contribution is 5.99. The summed E-state index contributed by atoms with van der Waals surface area (Å²) in [7, 11) is 0. The number of hydrogen-bond donors (Lipinski definition) is 1. The van der Waals surface area contributed by atoms with E-state index in [9.17, 15) is 0 Å². The molecule has 1 aliphatic carbocycles. The van der Waals surface area contributed by atoms with Gasteiger partial charge >= 0.3 is 0 Å². The van der Waals surface area contributed by atoms with Gasteiger partial charge in [0, 0.05) is 17.6 Å². The van der Waals surface area contributed by atoms with Crippen molar-refractivity contribution in [1.29, 1.82) is 0 Å². The lowest BCUT2D eigenvalue weighted by Crippen LogP contribution is -2.00. The first-order valence-corrected chi connectivity index (χ1v) is 9.20. The maximum atomic E-state index is 3.65. The molecule has 0 aliphatic heterocycles. The molecule has 0 radical (unpaired) electrons. The van der Waals surface area contributed by atoms with Crippen molar-refractivity contribution in [2.45, 2.75) is 45.6 Å². The van der Waals surface area contributed by atoms with Crippen molar-refractivity contribution >= 4 is 16.5 Å². The van der Waals surface area contributed by atoms with Crippen LogP contribution in [0.2, 0.25) is 0 Å². The Balaban J connectivity index is 1.51. The summed E-state index contributed by atoms with van der Waals surface area (Å²) in [5.74, 6) is 0. The fraction of sp³-hybridized carbons (Fsp3) is 0.304. The second-order valence-electron chi connectivity index (χ2n) is 6.89. The molecule has 1 N–H and O–H groups in total. The van der Waals surface area contributed by atoms with Crippen LogP contribution in [0.3, 0.4) is 0 Å². The molecule has 0 saturated carbocycles. The summed E-state index contributed by atoms with van der Waals surface area (Å²) in [6.07, 6.45) is 6.11. The summed E-state index contributed by atoms with van der Waals surface area (Å²) >= 11 is 0. The smallest absolute Gasteiger partial charge is 0.0422 e. The molecule has 0 aromatic heterocycles. The highest BCUT2D eigenvalue weighted by Gasteiger charge is 2.15. The molecule has 0 amide bonds. The van der Waals surface area contributed by atoms with Gasteiger partial charge in [0.2, 0.25) is 0 Å². The Morgan fingerprint density at radius 1 is 0.833 bits per heavy atom. The zero-order valence-electron chi connectivity index (χ0n) is 14.4. The van der Waals surface area contributed by atoms with Gasteiger partial charge in [-0.05, 0) is 59.4 Å². The SMILES string of the molecule is CCCCc1ccc(CNc2ccc3c4c(cccc24)CC3)cc1. The van der Waals surface area contributed by atoms with E-state index in [0.717, 1.165) is 6.54 Å². The second-order valence-corrected chi connectivity index (χ2v) is 6.89. The van der Waals surface area contributed by atoms with E-state index >= 15 is 0 Å². The van der Waals surface area contributed by atoms with Crippen molar-refractivity contribution in [3.05, 3.63) is 76.9 Å². The molecule has 0 heterocycles. The normalized spacial score (nSPS) is 12.7. The number of rotatable bonds is 6. The summed E-state index contributed by atoms with van der Waals surface area (Å²) in [6.45, 7) is 3.13.